The van der Waals surface area contributed by atoms with Crippen molar-refractivity contribution in [2.45, 2.75) is 53.4 Å². The molecule has 156 valence electrons. The van der Waals surface area contributed by atoms with Gasteiger partial charge in [-0.05, 0) is 86.1 Å². The molecule has 0 radical (unpaired) electrons. The first-order valence-electron chi connectivity index (χ1n) is 9.96. The van der Waals surface area contributed by atoms with Crippen molar-refractivity contribution in [1.29, 1.82) is 0 Å². The summed E-state index contributed by atoms with van der Waals surface area (Å²) < 4.78 is 12.5. The van der Waals surface area contributed by atoms with Crippen LogP contribution in [0.4, 0.5) is 10.1 Å². The predicted molar refractivity (Wildman–Crippen MR) is 116 cm³/mol. The SMILES string of the molecule is C.CC(C)(C(=O)c1ccc(N)cc1)C1CC1.O=C(CC1CC1)c1ccc(F)cc1. The van der Waals surface area contributed by atoms with Crippen LogP contribution in [0, 0.1) is 23.1 Å². The highest BCUT2D eigenvalue weighted by atomic mass is 19.1. The second-order valence-electron chi connectivity index (χ2n) is 8.52. The number of halogens is 1. The molecule has 2 saturated carbocycles. The number of hydrogen-bond acceptors (Lipinski definition) is 3. The van der Waals surface area contributed by atoms with Crippen LogP contribution in [0.25, 0.3) is 0 Å². The normalized spacial score (nSPS) is 15.6. The Kier molecular flexibility index (Phi) is 7.34. The average molecular weight is 398 g/mol. The molecule has 2 aliphatic rings. The molecule has 0 bridgehead atoms. The third-order valence-corrected chi connectivity index (χ3v) is 5.69. The Balaban J connectivity index is 0.000000202. The topological polar surface area (TPSA) is 60.2 Å². The minimum Gasteiger partial charge on any atom is -0.399 e. The summed E-state index contributed by atoms with van der Waals surface area (Å²) in [5, 5.41) is 0. The second-order valence-corrected chi connectivity index (χ2v) is 8.52. The maximum atomic E-state index is 12.5. The van der Waals surface area contributed by atoms with Gasteiger partial charge in [-0.15, -0.1) is 0 Å². The molecule has 4 heteroatoms. The Morgan fingerprint density at radius 1 is 0.931 bits per heavy atom. The molecular formula is C25H32FNO2. The zero-order chi connectivity index (χ0) is 20.3. The van der Waals surface area contributed by atoms with E-state index in [1.807, 2.05) is 26.0 Å². The molecule has 2 fully saturated rings. The summed E-state index contributed by atoms with van der Waals surface area (Å²) in [5.74, 6) is 1.26. The molecule has 3 nitrogen and oxygen atoms in total. The number of rotatable bonds is 6. The van der Waals surface area contributed by atoms with Crippen LogP contribution in [0.5, 0.6) is 0 Å². The van der Waals surface area contributed by atoms with E-state index in [1.165, 1.54) is 37.8 Å². The maximum Gasteiger partial charge on any atom is 0.168 e. The highest BCUT2D eigenvalue weighted by Crippen LogP contribution is 2.46. The molecule has 0 unspecified atom stereocenters. The first kappa shape index (κ1) is 22.8. The van der Waals surface area contributed by atoms with Crippen molar-refractivity contribution in [2.75, 3.05) is 5.73 Å². The van der Waals surface area contributed by atoms with Gasteiger partial charge in [0.25, 0.3) is 0 Å². The molecule has 0 amide bonds. The van der Waals surface area contributed by atoms with Crippen molar-refractivity contribution in [1.82, 2.24) is 0 Å². The van der Waals surface area contributed by atoms with Crippen LogP contribution in [0.15, 0.2) is 48.5 Å². The van der Waals surface area contributed by atoms with Gasteiger partial charge in [0.1, 0.15) is 5.82 Å². The molecule has 4 rings (SSSR count). The third kappa shape index (κ3) is 6.25. The fourth-order valence-corrected chi connectivity index (χ4v) is 3.33. The van der Waals surface area contributed by atoms with Crippen molar-refractivity contribution < 1.29 is 14.0 Å². The van der Waals surface area contributed by atoms with Crippen LogP contribution in [-0.2, 0) is 0 Å². The smallest absolute Gasteiger partial charge is 0.168 e. The van der Waals surface area contributed by atoms with Crippen LogP contribution in [0.3, 0.4) is 0 Å². The highest BCUT2D eigenvalue weighted by molar-refractivity contribution is 6.00. The number of carbonyl (C=O) groups excluding carboxylic acids is 2. The number of anilines is 1. The van der Waals surface area contributed by atoms with E-state index in [-0.39, 0.29) is 30.2 Å². The third-order valence-electron chi connectivity index (χ3n) is 5.69. The lowest BCUT2D eigenvalue weighted by Crippen LogP contribution is -2.26. The Morgan fingerprint density at radius 3 is 1.93 bits per heavy atom. The monoisotopic (exact) mass is 397 g/mol. The van der Waals surface area contributed by atoms with Gasteiger partial charge in [0.15, 0.2) is 11.6 Å². The fourth-order valence-electron chi connectivity index (χ4n) is 3.33. The first-order chi connectivity index (χ1) is 13.3. The molecule has 2 aromatic carbocycles. The number of benzene rings is 2. The number of Topliss-reactive ketones (excluding diaryl/α,β-unsaturated/α-hetero) is 2. The minimum atomic E-state index is -0.289. The van der Waals surface area contributed by atoms with Gasteiger partial charge in [-0.2, -0.15) is 0 Å². The molecule has 2 N–H and O–H groups in total. The summed E-state index contributed by atoms with van der Waals surface area (Å²) in [6, 6.07) is 13.0. The molecular weight excluding hydrogens is 365 g/mol. The summed E-state index contributed by atoms with van der Waals surface area (Å²) in [6.07, 6.45) is 5.35. The Morgan fingerprint density at radius 2 is 1.45 bits per heavy atom. The van der Waals surface area contributed by atoms with Crippen molar-refractivity contribution >= 4 is 17.3 Å². The number of ketones is 2. The van der Waals surface area contributed by atoms with Crippen molar-refractivity contribution in [3.8, 4) is 0 Å². The van der Waals surface area contributed by atoms with Crippen LogP contribution >= 0.6 is 0 Å². The predicted octanol–water partition coefficient (Wildman–Crippen LogP) is 6.33. The van der Waals surface area contributed by atoms with E-state index in [4.69, 9.17) is 5.73 Å². The van der Waals surface area contributed by atoms with Crippen molar-refractivity contribution in [3.63, 3.8) is 0 Å². The number of nitrogen functional groups attached to an aromatic ring is 1. The summed E-state index contributed by atoms with van der Waals surface area (Å²) in [4.78, 5) is 23.7. The highest BCUT2D eigenvalue weighted by Gasteiger charge is 2.43. The van der Waals surface area contributed by atoms with E-state index in [9.17, 15) is 14.0 Å². The van der Waals surface area contributed by atoms with Gasteiger partial charge in [0.2, 0.25) is 0 Å². The maximum absolute atomic E-state index is 12.5. The Hall–Kier alpha value is -2.49. The van der Waals surface area contributed by atoms with Crippen molar-refractivity contribution in [2.24, 2.45) is 17.3 Å². The summed E-state index contributed by atoms with van der Waals surface area (Å²) in [6.45, 7) is 4.09. The standard InChI is InChI=1S/C13H17NO.C11H11FO.CH4/c1-13(2,10-5-6-10)12(15)9-3-7-11(14)8-4-9;12-10-5-3-9(4-6-10)11(13)7-8-1-2-8;/h3-4,7-8,10H,5-6,14H2,1-2H3;3-6,8H,1-2,7H2;1H4. The van der Waals surface area contributed by atoms with Gasteiger partial charge in [-0.25, -0.2) is 4.39 Å². The van der Waals surface area contributed by atoms with Crippen molar-refractivity contribution in [3.05, 3.63) is 65.5 Å². The molecule has 0 aliphatic heterocycles. The fraction of sp³-hybridized carbons (Fsp3) is 0.440. The lowest BCUT2D eigenvalue weighted by molar-refractivity contribution is 0.0809. The molecule has 2 aromatic rings. The summed E-state index contributed by atoms with van der Waals surface area (Å²) >= 11 is 0. The zero-order valence-electron chi connectivity index (χ0n) is 16.6. The quantitative estimate of drug-likeness (QED) is 0.457. The molecule has 0 spiro atoms. The van der Waals surface area contributed by atoms with Gasteiger partial charge < -0.3 is 5.73 Å². The van der Waals surface area contributed by atoms with E-state index < -0.39 is 0 Å². The van der Waals surface area contributed by atoms with Crippen LogP contribution in [0.2, 0.25) is 0 Å². The lowest BCUT2D eigenvalue weighted by atomic mass is 9.80. The molecule has 0 saturated heterocycles. The van der Waals surface area contributed by atoms with Crippen LogP contribution in [-0.4, -0.2) is 11.6 Å². The van der Waals surface area contributed by atoms with Gasteiger partial charge >= 0.3 is 0 Å². The Labute approximate surface area is 173 Å². The van der Waals surface area contributed by atoms with Gasteiger partial charge in [-0.1, -0.05) is 21.3 Å². The number of hydrogen-bond donors (Lipinski definition) is 1. The van der Waals surface area contributed by atoms with E-state index in [0.29, 0.717) is 29.5 Å². The van der Waals surface area contributed by atoms with E-state index >= 15 is 0 Å². The van der Waals surface area contributed by atoms with E-state index in [1.54, 1.807) is 24.3 Å². The number of carbonyl (C=O) groups is 2. The molecule has 0 aromatic heterocycles. The molecule has 2 aliphatic carbocycles. The van der Waals surface area contributed by atoms with Crippen LogP contribution in [0.1, 0.15) is 74.1 Å². The molecule has 0 atom stereocenters. The van der Waals surface area contributed by atoms with Gasteiger partial charge in [0.05, 0.1) is 0 Å². The largest absolute Gasteiger partial charge is 0.399 e. The van der Waals surface area contributed by atoms with Gasteiger partial charge in [-0.3, -0.25) is 9.59 Å². The lowest BCUT2D eigenvalue weighted by Gasteiger charge is -2.22. The molecule has 0 heterocycles. The number of nitrogens with two attached hydrogens (primary N) is 1. The average Bonchev–Trinajstić information content (AvgIpc) is 3.55. The summed E-state index contributed by atoms with van der Waals surface area (Å²) in [7, 11) is 0. The van der Waals surface area contributed by atoms with E-state index in [2.05, 4.69) is 0 Å². The second kappa shape index (κ2) is 9.34. The van der Waals surface area contributed by atoms with E-state index in [0.717, 1.165) is 5.56 Å². The minimum absolute atomic E-state index is 0. The zero-order valence-corrected chi connectivity index (χ0v) is 16.6. The summed E-state index contributed by atoms with van der Waals surface area (Å²) in [5.41, 5.74) is 7.50. The Bertz CT molecular complexity index is 832. The van der Waals surface area contributed by atoms with Crippen LogP contribution < -0.4 is 5.73 Å². The molecule has 29 heavy (non-hydrogen) atoms. The van der Waals surface area contributed by atoms with Gasteiger partial charge in [0, 0.05) is 28.7 Å². The first-order valence-corrected chi connectivity index (χ1v) is 9.96.